The largest absolute Gasteiger partial charge is 0.493 e. The van der Waals surface area contributed by atoms with E-state index in [1.165, 1.54) is 5.56 Å². The average Bonchev–Trinajstić information content (AvgIpc) is 2.59. The van der Waals surface area contributed by atoms with Gasteiger partial charge in [-0.25, -0.2) is 0 Å². The van der Waals surface area contributed by atoms with Crippen molar-refractivity contribution in [1.82, 2.24) is 0 Å². The smallest absolute Gasteiger partial charge is 0.179 e. The summed E-state index contributed by atoms with van der Waals surface area (Å²) in [6.45, 7) is 7.54. The van der Waals surface area contributed by atoms with E-state index in [0.717, 1.165) is 28.9 Å². The van der Waals surface area contributed by atoms with Crippen LogP contribution in [0.1, 0.15) is 22.3 Å². The number of hydrogen-bond donors (Lipinski definition) is 1. The molecule has 0 saturated carbocycles. The maximum atomic E-state index is 6.33. The Morgan fingerprint density at radius 1 is 0.960 bits per heavy atom. The summed E-state index contributed by atoms with van der Waals surface area (Å²) in [5.74, 6) is 2.06. The Labute approximate surface area is 154 Å². The molecular weight excluding hydrogens is 338 g/mol. The molecule has 0 bridgehead atoms. The lowest BCUT2D eigenvalue weighted by atomic mass is 10.1. The Kier molecular flexibility index (Phi) is 6.97. The van der Waals surface area contributed by atoms with Gasteiger partial charge in [-0.15, -0.1) is 0 Å². The fraction of sp³-hybridized carbons (Fsp3) is 0.400. The molecule has 0 fully saturated rings. The van der Waals surface area contributed by atoms with Gasteiger partial charge in [0.05, 0.1) is 12.1 Å². The molecule has 0 atom stereocenters. The molecule has 2 N–H and O–H groups in total. The van der Waals surface area contributed by atoms with E-state index in [1.807, 2.05) is 19.1 Å². The molecule has 2 aromatic rings. The Hall–Kier alpha value is -1.91. The van der Waals surface area contributed by atoms with Gasteiger partial charge in [0.2, 0.25) is 0 Å². The van der Waals surface area contributed by atoms with Gasteiger partial charge in [0.1, 0.15) is 19.0 Å². The second kappa shape index (κ2) is 8.97. The van der Waals surface area contributed by atoms with Gasteiger partial charge in [0.15, 0.2) is 11.5 Å². The molecule has 136 valence electrons. The lowest BCUT2D eigenvalue weighted by molar-refractivity contribution is 0.210. The third-order valence-corrected chi connectivity index (χ3v) is 4.45. The Morgan fingerprint density at radius 2 is 1.60 bits per heavy atom. The maximum Gasteiger partial charge on any atom is 0.179 e. The van der Waals surface area contributed by atoms with Crippen molar-refractivity contribution in [2.24, 2.45) is 5.73 Å². The van der Waals surface area contributed by atoms with Gasteiger partial charge in [-0.05, 0) is 68.1 Å². The van der Waals surface area contributed by atoms with E-state index < -0.39 is 0 Å². The lowest BCUT2D eigenvalue weighted by Gasteiger charge is -2.16. The summed E-state index contributed by atoms with van der Waals surface area (Å²) in [7, 11) is 1.60. The van der Waals surface area contributed by atoms with Crippen LogP contribution in [0.5, 0.6) is 17.2 Å². The van der Waals surface area contributed by atoms with Crippen LogP contribution < -0.4 is 19.9 Å². The van der Waals surface area contributed by atoms with Crippen molar-refractivity contribution in [1.29, 1.82) is 0 Å². The number of rotatable bonds is 8. The summed E-state index contributed by atoms with van der Waals surface area (Å²) in [5, 5.41) is 0.519. The van der Waals surface area contributed by atoms with E-state index >= 15 is 0 Å². The van der Waals surface area contributed by atoms with Crippen molar-refractivity contribution in [3.8, 4) is 17.2 Å². The van der Waals surface area contributed by atoms with Crippen LogP contribution in [0.3, 0.4) is 0 Å². The molecule has 0 heterocycles. The average molecular weight is 364 g/mol. The van der Waals surface area contributed by atoms with E-state index in [1.54, 1.807) is 7.11 Å². The van der Waals surface area contributed by atoms with Crippen LogP contribution in [-0.4, -0.2) is 26.9 Å². The van der Waals surface area contributed by atoms with Gasteiger partial charge in [0.25, 0.3) is 0 Å². The highest BCUT2D eigenvalue weighted by Crippen LogP contribution is 2.36. The first-order valence-electron chi connectivity index (χ1n) is 8.36. The number of halogens is 1. The van der Waals surface area contributed by atoms with E-state index in [0.29, 0.717) is 36.3 Å². The van der Waals surface area contributed by atoms with Gasteiger partial charge < -0.3 is 19.9 Å². The predicted molar refractivity (Wildman–Crippen MR) is 102 cm³/mol. The molecular formula is C20H26ClNO3. The monoisotopic (exact) mass is 363 g/mol. The number of aryl methyl sites for hydroxylation is 2. The minimum atomic E-state index is 0.374. The van der Waals surface area contributed by atoms with Crippen LogP contribution in [0.15, 0.2) is 24.3 Å². The highest BCUT2D eigenvalue weighted by Gasteiger charge is 2.12. The third-order valence-electron chi connectivity index (χ3n) is 4.17. The number of hydrogen-bond acceptors (Lipinski definition) is 4. The van der Waals surface area contributed by atoms with E-state index in [2.05, 4.69) is 26.0 Å². The van der Waals surface area contributed by atoms with Gasteiger partial charge in [0, 0.05) is 0 Å². The Balaban J connectivity index is 2.02. The van der Waals surface area contributed by atoms with Crippen molar-refractivity contribution >= 4 is 11.6 Å². The number of methoxy groups -OCH3 is 1. The Bertz CT molecular complexity index is 731. The van der Waals surface area contributed by atoms with Crippen LogP contribution in [0.4, 0.5) is 0 Å². The van der Waals surface area contributed by atoms with E-state index in [9.17, 15) is 0 Å². The number of nitrogens with two attached hydrogens (primary N) is 1. The zero-order chi connectivity index (χ0) is 18.4. The number of benzene rings is 2. The van der Waals surface area contributed by atoms with Crippen molar-refractivity contribution in [2.75, 3.05) is 26.9 Å². The summed E-state index contributed by atoms with van der Waals surface area (Å²) in [4.78, 5) is 0. The molecule has 4 nitrogen and oxygen atoms in total. The standard InChI is InChI=1S/C20H26ClNO3/c1-13-5-6-14(2)19(15(13)3)24-9-10-25-20-17(21)11-16(7-8-22)12-18(20)23-4/h5-6,11-12H,7-10,22H2,1-4H3. The summed E-state index contributed by atoms with van der Waals surface area (Å²) >= 11 is 6.33. The van der Waals surface area contributed by atoms with Gasteiger partial charge >= 0.3 is 0 Å². The molecule has 0 radical (unpaired) electrons. The minimum Gasteiger partial charge on any atom is -0.493 e. The third kappa shape index (κ3) is 4.80. The van der Waals surface area contributed by atoms with Gasteiger partial charge in [-0.3, -0.25) is 0 Å². The first-order valence-corrected chi connectivity index (χ1v) is 8.74. The van der Waals surface area contributed by atoms with Crippen LogP contribution in [-0.2, 0) is 6.42 Å². The molecule has 2 rings (SSSR count). The zero-order valence-corrected chi connectivity index (χ0v) is 16.1. The molecule has 0 aliphatic heterocycles. The second-order valence-electron chi connectivity index (χ2n) is 6.00. The molecule has 0 unspecified atom stereocenters. The molecule has 0 aliphatic carbocycles. The molecule has 0 spiro atoms. The molecule has 0 amide bonds. The molecule has 2 aromatic carbocycles. The lowest BCUT2D eigenvalue weighted by Crippen LogP contribution is -2.11. The first kappa shape index (κ1) is 19.4. The molecule has 5 heteroatoms. The van der Waals surface area contributed by atoms with Gasteiger partial charge in [-0.1, -0.05) is 23.7 Å². The summed E-state index contributed by atoms with van der Waals surface area (Å²) in [6.07, 6.45) is 0.741. The molecule has 0 saturated heterocycles. The number of ether oxygens (including phenoxy) is 3. The SMILES string of the molecule is COc1cc(CCN)cc(Cl)c1OCCOc1c(C)ccc(C)c1C. The van der Waals surface area contributed by atoms with Crippen molar-refractivity contribution in [3.05, 3.63) is 51.5 Å². The van der Waals surface area contributed by atoms with E-state index in [4.69, 9.17) is 31.5 Å². The van der Waals surface area contributed by atoms with Crippen LogP contribution >= 0.6 is 11.6 Å². The summed E-state index contributed by atoms with van der Waals surface area (Å²) < 4.78 is 17.1. The second-order valence-corrected chi connectivity index (χ2v) is 6.41. The van der Waals surface area contributed by atoms with Gasteiger partial charge in [-0.2, -0.15) is 0 Å². The topological polar surface area (TPSA) is 53.7 Å². The first-order chi connectivity index (χ1) is 12.0. The fourth-order valence-corrected chi connectivity index (χ4v) is 2.95. The van der Waals surface area contributed by atoms with Crippen molar-refractivity contribution in [3.63, 3.8) is 0 Å². The maximum absolute atomic E-state index is 6.33. The quantitative estimate of drug-likeness (QED) is 0.713. The molecule has 0 aliphatic rings. The van der Waals surface area contributed by atoms with Crippen molar-refractivity contribution in [2.45, 2.75) is 27.2 Å². The zero-order valence-electron chi connectivity index (χ0n) is 15.3. The minimum absolute atomic E-state index is 0.374. The van der Waals surface area contributed by atoms with E-state index in [-0.39, 0.29) is 0 Å². The fourth-order valence-electron chi connectivity index (χ4n) is 2.66. The van der Waals surface area contributed by atoms with Crippen LogP contribution in [0, 0.1) is 20.8 Å². The summed E-state index contributed by atoms with van der Waals surface area (Å²) in [6, 6.07) is 7.93. The van der Waals surface area contributed by atoms with Crippen molar-refractivity contribution < 1.29 is 14.2 Å². The van der Waals surface area contributed by atoms with Crippen LogP contribution in [0.2, 0.25) is 5.02 Å². The highest BCUT2D eigenvalue weighted by atomic mass is 35.5. The summed E-state index contributed by atoms with van der Waals surface area (Å²) in [5.41, 5.74) is 10.1. The Morgan fingerprint density at radius 3 is 2.24 bits per heavy atom. The predicted octanol–water partition coefficient (Wildman–Crippen LogP) is 4.23. The molecule has 25 heavy (non-hydrogen) atoms. The highest BCUT2D eigenvalue weighted by molar-refractivity contribution is 6.32. The molecule has 0 aromatic heterocycles. The van der Waals surface area contributed by atoms with Crippen LogP contribution in [0.25, 0.3) is 0 Å². The normalized spacial score (nSPS) is 10.6.